The number of amides is 2. The van der Waals surface area contributed by atoms with Crippen LogP contribution in [0.5, 0.6) is 0 Å². The lowest BCUT2D eigenvalue weighted by Crippen LogP contribution is -2.59. The predicted molar refractivity (Wildman–Crippen MR) is 225 cm³/mol. The van der Waals surface area contributed by atoms with Crippen molar-refractivity contribution in [3.05, 3.63) is 107 Å². The molecular weight excluding hydrogens is 693 g/mol. The lowest BCUT2D eigenvalue weighted by Gasteiger charge is -2.58. The molecule has 0 aliphatic heterocycles. The minimum atomic E-state index is -1.15. The van der Waals surface area contributed by atoms with Gasteiger partial charge in [0.1, 0.15) is 0 Å². The topological polar surface area (TPSA) is 89.9 Å². The van der Waals surface area contributed by atoms with E-state index in [1.165, 1.54) is 44.1 Å². The Morgan fingerprint density at radius 2 is 1.52 bits per heavy atom. The summed E-state index contributed by atoms with van der Waals surface area (Å²) in [5.74, 6) is 2.20. The molecule has 6 heteroatoms. The van der Waals surface area contributed by atoms with Gasteiger partial charge in [0.15, 0.2) is 5.78 Å². The van der Waals surface area contributed by atoms with Gasteiger partial charge < -0.3 is 20.4 Å². The number of urea groups is 1. The summed E-state index contributed by atoms with van der Waals surface area (Å²) >= 11 is 0. The molecule has 2 amide bonds. The zero-order valence-corrected chi connectivity index (χ0v) is 34.2. The minimum Gasteiger partial charge on any atom is -0.393 e. The van der Waals surface area contributed by atoms with Gasteiger partial charge in [-0.25, -0.2) is 4.79 Å². The van der Waals surface area contributed by atoms with Gasteiger partial charge in [0.25, 0.3) is 0 Å². The molecule has 7 aliphatic carbocycles. The second-order valence-corrected chi connectivity index (χ2v) is 19.6. The summed E-state index contributed by atoms with van der Waals surface area (Å²) in [6.45, 7) is 9.42. The SMILES string of the molecule is CC1=CCCC2(C)C(CCC2(O)CN(CC23CC4CC(CC(C4)C2)C3)C(=O)NC(C)C)c2ccc(cc2C(=O)c2ccc(-c3ccccc3)cc2)CC(O)CC1. The van der Waals surface area contributed by atoms with Crippen molar-refractivity contribution in [2.45, 2.75) is 135 Å². The molecule has 0 aromatic heterocycles. The molecule has 0 saturated heterocycles. The van der Waals surface area contributed by atoms with Crippen LogP contribution in [0, 0.1) is 28.6 Å². The number of hydrogen-bond acceptors (Lipinski definition) is 4. The molecule has 7 aliphatic rings. The van der Waals surface area contributed by atoms with E-state index in [1.807, 2.05) is 67.3 Å². The molecule has 6 nitrogen and oxygen atoms in total. The van der Waals surface area contributed by atoms with Gasteiger partial charge in [0.2, 0.25) is 0 Å². The standard InChI is InChI=1S/C50H64N2O4/c1-33(2)51-47(55)52(31-49-28-36-23-37(29-49)25-38(24-36)30-49)32-50(56)22-20-45-43-19-13-35(26-42(53)18-12-34(3)9-8-21-48(45,50)4)27-44(43)46(54)41-16-14-40(15-17-41)39-10-6-5-7-11-39/h5-7,9-11,13-17,19,27,33,36-38,42,45,53,56H,8,12,18,20-26,28-32H2,1-4H3,(H,51,55). The largest absolute Gasteiger partial charge is 0.393 e. The van der Waals surface area contributed by atoms with Gasteiger partial charge in [-0.05, 0) is 162 Å². The number of benzene rings is 3. The molecule has 0 heterocycles. The monoisotopic (exact) mass is 756 g/mol. The molecule has 0 spiro atoms. The van der Waals surface area contributed by atoms with Crippen LogP contribution in [0.4, 0.5) is 4.79 Å². The molecule has 10 rings (SSSR count). The van der Waals surface area contributed by atoms with Gasteiger partial charge in [-0.3, -0.25) is 4.79 Å². The van der Waals surface area contributed by atoms with Gasteiger partial charge in [-0.1, -0.05) is 85.3 Å². The van der Waals surface area contributed by atoms with E-state index in [4.69, 9.17) is 0 Å². The summed E-state index contributed by atoms with van der Waals surface area (Å²) in [7, 11) is 0. The number of rotatable bonds is 8. The average Bonchev–Trinajstić information content (AvgIpc) is 3.41. The number of nitrogens with zero attached hydrogens (tertiary/aromatic N) is 1. The van der Waals surface area contributed by atoms with Crippen molar-refractivity contribution >= 4 is 11.8 Å². The molecule has 56 heavy (non-hydrogen) atoms. The van der Waals surface area contributed by atoms with Crippen LogP contribution in [0.15, 0.2) is 84.4 Å². The number of ketones is 1. The summed E-state index contributed by atoms with van der Waals surface area (Å²) in [4.78, 5) is 31.0. The van der Waals surface area contributed by atoms with E-state index in [2.05, 4.69) is 49.5 Å². The number of aliphatic hydroxyl groups is 2. The Hall–Kier alpha value is -3.74. The van der Waals surface area contributed by atoms with Crippen molar-refractivity contribution in [1.82, 2.24) is 10.2 Å². The van der Waals surface area contributed by atoms with Crippen LogP contribution in [0.1, 0.15) is 138 Å². The molecule has 5 saturated carbocycles. The number of fused-ring (bicyclic) bond motifs is 8. The van der Waals surface area contributed by atoms with Crippen LogP contribution in [0.3, 0.4) is 0 Å². The highest BCUT2D eigenvalue weighted by atomic mass is 16.3. The number of carbonyl (C=O) groups is 2. The fourth-order valence-electron chi connectivity index (χ4n) is 12.5. The summed E-state index contributed by atoms with van der Waals surface area (Å²) in [5, 5.41) is 27.6. The fourth-order valence-corrected chi connectivity index (χ4v) is 12.5. The molecule has 3 aromatic rings. The van der Waals surface area contributed by atoms with Gasteiger partial charge in [0.05, 0.1) is 18.2 Å². The van der Waals surface area contributed by atoms with E-state index < -0.39 is 17.1 Å². The maximum atomic E-state index is 14.7. The Kier molecular flexibility index (Phi) is 10.9. The average molecular weight is 757 g/mol. The maximum Gasteiger partial charge on any atom is 0.317 e. The summed E-state index contributed by atoms with van der Waals surface area (Å²) in [6, 6.07) is 24.3. The van der Waals surface area contributed by atoms with E-state index >= 15 is 0 Å². The van der Waals surface area contributed by atoms with Crippen molar-refractivity contribution in [3.63, 3.8) is 0 Å². The highest BCUT2D eigenvalue weighted by Crippen LogP contribution is 2.62. The molecule has 6 bridgehead atoms. The Morgan fingerprint density at radius 1 is 0.857 bits per heavy atom. The van der Waals surface area contributed by atoms with Crippen LogP contribution in [0.25, 0.3) is 11.1 Å². The van der Waals surface area contributed by atoms with Gasteiger partial charge >= 0.3 is 6.03 Å². The van der Waals surface area contributed by atoms with Crippen molar-refractivity contribution < 1.29 is 19.8 Å². The Morgan fingerprint density at radius 3 is 2.18 bits per heavy atom. The van der Waals surface area contributed by atoms with Crippen LogP contribution in [-0.4, -0.2) is 57.8 Å². The van der Waals surface area contributed by atoms with Gasteiger partial charge in [0, 0.05) is 29.1 Å². The third-order valence-corrected chi connectivity index (χ3v) is 15.0. The molecule has 5 fully saturated rings. The maximum absolute atomic E-state index is 14.7. The van der Waals surface area contributed by atoms with E-state index in [0.717, 1.165) is 65.7 Å². The highest BCUT2D eigenvalue weighted by molar-refractivity contribution is 6.10. The number of aliphatic hydroxyl groups excluding tert-OH is 1. The third kappa shape index (κ3) is 7.77. The summed E-state index contributed by atoms with van der Waals surface area (Å²) < 4.78 is 0. The van der Waals surface area contributed by atoms with Crippen LogP contribution < -0.4 is 5.32 Å². The summed E-state index contributed by atoms with van der Waals surface area (Å²) in [6.07, 6.45) is 14.2. The highest BCUT2D eigenvalue weighted by Gasteiger charge is 2.59. The first-order valence-electron chi connectivity index (χ1n) is 21.8. The van der Waals surface area contributed by atoms with Gasteiger partial charge in [-0.15, -0.1) is 0 Å². The van der Waals surface area contributed by atoms with E-state index in [0.29, 0.717) is 36.9 Å². The lowest BCUT2D eigenvalue weighted by atomic mass is 9.49. The van der Waals surface area contributed by atoms with Crippen molar-refractivity contribution in [2.24, 2.45) is 28.6 Å². The lowest BCUT2D eigenvalue weighted by molar-refractivity contribution is -0.0985. The Labute approximate surface area is 335 Å². The number of nitrogens with one attached hydrogen (secondary N) is 1. The van der Waals surface area contributed by atoms with Crippen LogP contribution in [-0.2, 0) is 6.42 Å². The van der Waals surface area contributed by atoms with Crippen LogP contribution in [0.2, 0.25) is 0 Å². The smallest absolute Gasteiger partial charge is 0.317 e. The first-order valence-corrected chi connectivity index (χ1v) is 21.8. The molecule has 4 unspecified atom stereocenters. The quantitative estimate of drug-likeness (QED) is 0.158. The van der Waals surface area contributed by atoms with Crippen molar-refractivity contribution in [1.29, 1.82) is 0 Å². The predicted octanol–water partition coefficient (Wildman–Crippen LogP) is 10.3. The molecule has 4 atom stereocenters. The van der Waals surface area contributed by atoms with Crippen LogP contribution >= 0.6 is 0 Å². The Bertz CT molecular complexity index is 1900. The fraction of sp³-hybridized carbons (Fsp3) is 0.560. The first kappa shape index (κ1) is 39.1. The van der Waals surface area contributed by atoms with E-state index in [-0.39, 0.29) is 35.7 Å². The minimum absolute atomic E-state index is 0.00208. The Balaban J connectivity index is 1.16. The molecule has 3 N–H and O–H groups in total. The second kappa shape index (κ2) is 15.5. The van der Waals surface area contributed by atoms with Crippen molar-refractivity contribution in [2.75, 3.05) is 13.1 Å². The number of hydrogen-bond donors (Lipinski definition) is 3. The molecule has 298 valence electrons. The zero-order valence-electron chi connectivity index (χ0n) is 34.2. The summed E-state index contributed by atoms with van der Waals surface area (Å²) in [5.41, 5.74) is 5.00. The first-order chi connectivity index (χ1) is 26.8. The van der Waals surface area contributed by atoms with E-state index in [1.54, 1.807) is 0 Å². The molecule has 3 aromatic carbocycles. The van der Waals surface area contributed by atoms with Gasteiger partial charge in [-0.2, -0.15) is 0 Å². The normalized spacial score (nSPS) is 32.5. The van der Waals surface area contributed by atoms with Crippen molar-refractivity contribution in [3.8, 4) is 11.1 Å². The number of allylic oxidation sites excluding steroid dienone is 2. The zero-order chi connectivity index (χ0) is 39.2. The second-order valence-electron chi connectivity index (χ2n) is 19.6. The number of carbonyl (C=O) groups excluding carboxylic acids is 2. The third-order valence-electron chi connectivity index (χ3n) is 15.0. The van der Waals surface area contributed by atoms with E-state index in [9.17, 15) is 19.8 Å². The molecular formula is C50H64N2O4. The molecule has 0 radical (unpaired) electrons.